The SMILES string of the molecule is CCCNC(Cc1ncnn1CC)c1cccc(Br)c1. The normalized spacial score (nSPS) is 12.6. The van der Waals surface area contributed by atoms with Crippen LogP contribution in [-0.4, -0.2) is 21.3 Å². The van der Waals surface area contributed by atoms with Gasteiger partial charge in [0.25, 0.3) is 0 Å². The summed E-state index contributed by atoms with van der Waals surface area (Å²) < 4.78 is 3.06. The number of halogens is 1. The van der Waals surface area contributed by atoms with Crippen LogP contribution in [0.3, 0.4) is 0 Å². The van der Waals surface area contributed by atoms with Crippen LogP contribution < -0.4 is 5.32 Å². The first-order chi connectivity index (χ1) is 9.74. The highest BCUT2D eigenvalue weighted by atomic mass is 79.9. The summed E-state index contributed by atoms with van der Waals surface area (Å²) in [5, 5.41) is 7.85. The van der Waals surface area contributed by atoms with Crippen LogP contribution in [0, 0.1) is 0 Å². The summed E-state index contributed by atoms with van der Waals surface area (Å²) in [6.07, 6.45) is 3.60. The Kier molecular flexibility index (Phi) is 5.73. The lowest BCUT2D eigenvalue weighted by Gasteiger charge is -2.19. The van der Waals surface area contributed by atoms with Crippen molar-refractivity contribution in [3.8, 4) is 0 Å². The molecular formula is C15H21BrN4. The third-order valence-electron chi connectivity index (χ3n) is 3.27. The molecule has 5 heteroatoms. The van der Waals surface area contributed by atoms with Gasteiger partial charge in [-0.1, -0.05) is 35.0 Å². The van der Waals surface area contributed by atoms with E-state index in [0.29, 0.717) is 0 Å². The fraction of sp³-hybridized carbons (Fsp3) is 0.467. The third kappa shape index (κ3) is 3.90. The van der Waals surface area contributed by atoms with Crippen molar-refractivity contribution in [2.75, 3.05) is 6.54 Å². The lowest BCUT2D eigenvalue weighted by molar-refractivity contribution is 0.496. The minimum Gasteiger partial charge on any atom is -0.310 e. The monoisotopic (exact) mass is 336 g/mol. The standard InChI is InChI=1S/C15H21BrN4/c1-3-8-17-14(12-6-5-7-13(16)9-12)10-15-18-11-19-20(15)4-2/h5-7,9,11,14,17H,3-4,8,10H2,1-2H3. The molecule has 4 nitrogen and oxygen atoms in total. The molecule has 0 bridgehead atoms. The Bertz CT molecular complexity index is 538. The number of nitrogens with zero attached hydrogens (tertiary/aromatic N) is 3. The van der Waals surface area contributed by atoms with E-state index in [9.17, 15) is 0 Å². The maximum atomic E-state index is 4.38. The lowest BCUT2D eigenvalue weighted by atomic mass is 10.0. The van der Waals surface area contributed by atoms with E-state index >= 15 is 0 Å². The first kappa shape index (κ1) is 15.2. The highest BCUT2D eigenvalue weighted by Gasteiger charge is 2.15. The maximum absolute atomic E-state index is 4.38. The van der Waals surface area contributed by atoms with Crippen LogP contribution in [0.1, 0.15) is 37.7 Å². The number of rotatable bonds is 7. The van der Waals surface area contributed by atoms with Gasteiger partial charge in [-0.3, -0.25) is 4.68 Å². The number of aryl methyl sites for hydroxylation is 1. The van der Waals surface area contributed by atoms with Crippen LogP contribution in [0.4, 0.5) is 0 Å². The molecule has 2 rings (SSSR count). The largest absolute Gasteiger partial charge is 0.310 e. The molecule has 1 atom stereocenters. The van der Waals surface area contributed by atoms with Crippen LogP contribution in [0.2, 0.25) is 0 Å². The van der Waals surface area contributed by atoms with E-state index in [1.54, 1.807) is 6.33 Å². The first-order valence-corrected chi connectivity index (χ1v) is 7.89. The van der Waals surface area contributed by atoms with Gasteiger partial charge in [-0.2, -0.15) is 5.10 Å². The van der Waals surface area contributed by atoms with Gasteiger partial charge in [0.15, 0.2) is 0 Å². The van der Waals surface area contributed by atoms with Gasteiger partial charge in [-0.05, 0) is 37.6 Å². The van der Waals surface area contributed by atoms with E-state index in [1.807, 2.05) is 4.68 Å². The van der Waals surface area contributed by atoms with Crippen molar-refractivity contribution < 1.29 is 0 Å². The van der Waals surface area contributed by atoms with Gasteiger partial charge in [-0.15, -0.1) is 0 Å². The van der Waals surface area contributed by atoms with Crippen molar-refractivity contribution in [3.05, 3.63) is 46.5 Å². The quantitative estimate of drug-likeness (QED) is 0.843. The maximum Gasteiger partial charge on any atom is 0.138 e. The number of hydrogen-bond donors (Lipinski definition) is 1. The molecule has 0 amide bonds. The van der Waals surface area contributed by atoms with Gasteiger partial charge in [0.2, 0.25) is 0 Å². The van der Waals surface area contributed by atoms with Gasteiger partial charge in [0, 0.05) is 23.5 Å². The summed E-state index contributed by atoms with van der Waals surface area (Å²) in [6, 6.07) is 8.71. The smallest absolute Gasteiger partial charge is 0.138 e. The van der Waals surface area contributed by atoms with Crippen molar-refractivity contribution in [3.63, 3.8) is 0 Å². The molecular weight excluding hydrogens is 316 g/mol. The molecule has 1 heterocycles. The molecule has 0 aliphatic rings. The second kappa shape index (κ2) is 7.55. The zero-order chi connectivity index (χ0) is 14.4. The molecule has 2 aromatic rings. The molecule has 1 aromatic heterocycles. The number of hydrogen-bond acceptors (Lipinski definition) is 3. The number of nitrogens with one attached hydrogen (secondary N) is 1. The molecule has 20 heavy (non-hydrogen) atoms. The fourth-order valence-corrected chi connectivity index (χ4v) is 2.66. The summed E-state index contributed by atoms with van der Waals surface area (Å²) in [4.78, 5) is 4.38. The first-order valence-electron chi connectivity index (χ1n) is 7.10. The zero-order valence-corrected chi connectivity index (χ0v) is 13.6. The van der Waals surface area contributed by atoms with Gasteiger partial charge < -0.3 is 5.32 Å². The highest BCUT2D eigenvalue weighted by Crippen LogP contribution is 2.21. The third-order valence-corrected chi connectivity index (χ3v) is 3.77. The summed E-state index contributed by atoms with van der Waals surface area (Å²) in [5.74, 6) is 1.03. The average molecular weight is 337 g/mol. The molecule has 0 spiro atoms. The predicted molar refractivity (Wildman–Crippen MR) is 84.6 cm³/mol. The molecule has 0 saturated heterocycles. The van der Waals surface area contributed by atoms with Gasteiger partial charge in [0.1, 0.15) is 12.2 Å². The van der Waals surface area contributed by atoms with Crippen molar-refractivity contribution in [2.45, 2.75) is 39.3 Å². The van der Waals surface area contributed by atoms with E-state index in [0.717, 1.165) is 36.2 Å². The Morgan fingerprint density at radius 2 is 2.20 bits per heavy atom. The van der Waals surface area contributed by atoms with Gasteiger partial charge in [-0.25, -0.2) is 4.98 Å². The molecule has 0 aliphatic heterocycles. The lowest BCUT2D eigenvalue weighted by Crippen LogP contribution is -2.25. The van der Waals surface area contributed by atoms with Crippen LogP contribution in [0.5, 0.6) is 0 Å². The Morgan fingerprint density at radius 3 is 2.90 bits per heavy atom. The molecule has 0 aliphatic carbocycles. The van der Waals surface area contributed by atoms with E-state index in [-0.39, 0.29) is 6.04 Å². The van der Waals surface area contributed by atoms with Gasteiger partial charge in [0.05, 0.1) is 0 Å². The fourth-order valence-electron chi connectivity index (χ4n) is 2.24. The Hall–Kier alpha value is -1.20. The van der Waals surface area contributed by atoms with Crippen molar-refractivity contribution in [2.24, 2.45) is 0 Å². The van der Waals surface area contributed by atoms with Crippen molar-refractivity contribution >= 4 is 15.9 Å². The number of benzene rings is 1. The summed E-state index contributed by atoms with van der Waals surface area (Å²) >= 11 is 3.54. The Labute approximate surface area is 128 Å². The summed E-state index contributed by atoms with van der Waals surface area (Å²) in [5.41, 5.74) is 1.28. The molecule has 0 saturated carbocycles. The minimum absolute atomic E-state index is 0.266. The van der Waals surface area contributed by atoms with E-state index in [1.165, 1.54) is 5.56 Å². The zero-order valence-electron chi connectivity index (χ0n) is 12.0. The number of aromatic nitrogens is 3. The Balaban J connectivity index is 2.19. The average Bonchev–Trinajstić information content (AvgIpc) is 2.90. The minimum atomic E-state index is 0.266. The van der Waals surface area contributed by atoms with Gasteiger partial charge >= 0.3 is 0 Å². The molecule has 1 aromatic carbocycles. The summed E-state index contributed by atoms with van der Waals surface area (Å²) in [6.45, 7) is 6.12. The topological polar surface area (TPSA) is 42.7 Å². The second-order valence-corrected chi connectivity index (χ2v) is 5.67. The van der Waals surface area contributed by atoms with E-state index in [4.69, 9.17) is 0 Å². The molecule has 108 valence electrons. The van der Waals surface area contributed by atoms with Crippen LogP contribution in [-0.2, 0) is 13.0 Å². The van der Waals surface area contributed by atoms with Crippen LogP contribution in [0.25, 0.3) is 0 Å². The second-order valence-electron chi connectivity index (χ2n) is 4.76. The Morgan fingerprint density at radius 1 is 1.35 bits per heavy atom. The summed E-state index contributed by atoms with van der Waals surface area (Å²) in [7, 11) is 0. The molecule has 1 N–H and O–H groups in total. The van der Waals surface area contributed by atoms with E-state index in [2.05, 4.69) is 69.4 Å². The van der Waals surface area contributed by atoms with E-state index < -0.39 is 0 Å². The predicted octanol–water partition coefficient (Wildman–Crippen LogP) is 3.34. The van der Waals surface area contributed by atoms with Crippen LogP contribution >= 0.6 is 15.9 Å². The highest BCUT2D eigenvalue weighted by molar-refractivity contribution is 9.10. The van der Waals surface area contributed by atoms with Crippen molar-refractivity contribution in [1.29, 1.82) is 0 Å². The van der Waals surface area contributed by atoms with Crippen molar-refractivity contribution in [1.82, 2.24) is 20.1 Å². The molecule has 0 radical (unpaired) electrons. The molecule has 0 fully saturated rings. The van der Waals surface area contributed by atoms with Crippen LogP contribution in [0.15, 0.2) is 35.1 Å². The molecule has 1 unspecified atom stereocenters.